The Bertz CT molecular complexity index is 1160. The molecule has 0 radical (unpaired) electrons. The van der Waals surface area contributed by atoms with Crippen molar-refractivity contribution in [2.24, 2.45) is 0 Å². The van der Waals surface area contributed by atoms with Gasteiger partial charge in [0.15, 0.2) is 6.04 Å². The first kappa shape index (κ1) is 57.7. The zero-order chi connectivity index (χ0) is 44.2. The quantitative estimate of drug-likeness (QED) is 0.0200. The van der Waals surface area contributed by atoms with Crippen molar-refractivity contribution in [3.8, 4) is 0 Å². The molecule has 0 fully saturated rings. The number of carbonyl (C=O) groups excluding carboxylic acids is 2. The minimum atomic E-state index is -4.76. The summed E-state index contributed by atoms with van der Waals surface area (Å²) >= 11 is 0. The number of phosphoric ester groups is 1. The number of aliphatic hydroxyl groups is 1. The van der Waals surface area contributed by atoms with Crippen LogP contribution in [0.1, 0.15) is 219 Å². The lowest BCUT2D eigenvalue weighted by molar-refractivity contribution is -0.147. The molecule has 350 valence electrons. The van der Waals surface area contributed by atoms with E-state index in [2.05, 4.69) is 55.6 Å². The number of hydrogen-bond acceptors (Lipinski definition) is 8. The van der Waals surface area contributed by atoms with Gasteiger partial charge in [-0.25, -0.2) is 9.36 Å². The summed E-state index contributed by atoms with van der Waals surface area (Å²) < 4.78 is 26.9. The van der Waals surface area contributed by atoms with Gasteiger partial charge in [0.1, 0.15) is 12.7 Å². The number of carboxylic acids is 1. The lowest BCUT2D eigenvalue weighted by Crippen LogP contribution is -2.43. The van der Waals surface area contributed by atoms with E-state index in [0.29, 0.717) is 12.8 Å². The van der Waals surface area contributed by atoms with Gasteiger partial charge in [-0.2, -0.15) is 0 Å². The highest BCUT2D eigenvalue weighted by Crippen LogP contribution is 2.43. The Hall–Kier alpha value is -2.30. The Balaban J connectivity index is 3.84. The van der Waals surface area contributed by atoms with E-state index in [1.807, 2.05) is 0 Å². The number of esters is 1. The first-order chi connectivity index (χ1) is 29.1. The van der Waals surface area contributed by atoms with E-state index in [-0.39, 0.29) is 12.8 Å². The zero-order valence-electron chi connectivity index (χ0n) is 38.0. The fourth-order valence-corrected chi connectivity index (χ4v) is 7.52. The standard InChI is InChI=1S/C48H88NO10P/c1-3-5-7-9-11-13-15-17-19-21-22-24-26-28-30-32-34-36-38-40-47(52)57-41-44(50)42-58-60(55,56)59-43-45(48(53)54)49-46(51)39-37-35-33-31-29-27-25-23-20-18-16-14-12-10-8-6-4-2/h6,8,12,14,18,20,44-45,50H,3-5,7,9-11,13,15-17,19,21-43H2,1-2H3,(H,49,51)(H,53,54)(H,55,56)/b8-6-,14-12-,20-18-. The van der Waals surface area contributed by atoms with Gasteiger partial charge in [-0.15, -0.1) is 0 Å². The highest BCUT2D eigenvalue weighted by atomic mass is 31.2. The molecular weight excluding hydrogens is 781 g/mol. The minimum Gasteiger partial charge on any atom is -0.480 e. The average Bonchev–Trinajstić information content (AvgIpc) is 3.22. The number of amides is 1. The lowest BCUT2D eigenvalue weighted by Gasteiger charge is -2.18. The molecule has 11 nitrogen and oxygen atoms in total. The second kappa shape index (κ2) is 43.4. The van der Waals surface area contributed by atoms with Crippen molar-refractivity contribution >= 4 is 25.7 Å². The molecule has 3 unspecified atom stereocenters. The highest BCUT2D eigenvalue weighted by Gasteiger charge is 2.28. The van der Waals surface area contributed by atoms with E-state index in [9.17, 15) is 34.1 Å². The fraction of sp³-hybridized carbons (Fsp3) is 0.812. The molecule has 3 atom stereocenters. The van der Waals surface area contributed by atoms with Crippen LogP contribution in [0, 0.1) is 0 Å². The number of rotatable bonds is 45. The second-order valence-corrected chi connectivity index (χ2v) is 17.7. The van der Waals surface area contributed by atoms with E-state index < -0.39 is 57.6 Å². The summed E-state index contributed by atoms with van der Waals surface area (Å²) in [7, 11) is -4.76. The number of nitrogens with one attached hydrogen (secondary N) is 1. The Morgan fingerprint density at radius 3 is 1.45 bits per heavy atom. The number of unbranched alkanes of at least 4 members (excludes halogenated alkanes) is 25. The van der Waals surface area contributed by atoms with E-state index in [1.54, 1.807) is 0 Å². The Morgan fingerprint density at radius 1 is 0.550 bits per heavy atom. The third-order valence-electron chi connectivity index (χ3n) is 10.4. The molecule has 0 aliphatic carbocycles. The van der Waals surface area contributed by atoms with Gasteiger partial charge in [-0.05, 0) is 44.9 Å². The molecule has 12 heteroatoms. The number of aliphatic carboxylic acids is 1. The van der Waals surface area contributed by atoms with Crippen molar-refractivity contribution in [3.05, 3.63) is 36.5 Å². The summed E-state index contributed by atoms with van der Waals surface area (Å²) in [5.74, 6) is -2.38. The van der Waals surface area contributed by atoms with Crippen LogP contribution in [-0.2, 0) is 32.7 Å². The molecular formula is C48H88NO10P. The number of carbonyl (C=O) groups is 3. The van der Waals surface area contributed by atoms with Gasteiger partial charge in [0.25, 0.3) is 0 Å². The van der Waals surface area contributed by atoms with E-state index in [1.165, 1.54) is 96.3 Å². The van der Waals surface area contributed by atoms with Crippen LogP contribution in [0.15, 0.2) is 36.5 Å². The maximum atomic E-state index is 12.3. The minimum absolute atomic E-state index is 0.135. The van der Waals surface area contributed by atoms with Crippen molar-refractivity contribution in [1.82, 2.24) is 5.32 Å². The highest BCUT2D eigenvalue weighted by molar-refractivity contribution is 7.47. The SMILES string of the molecule is CC/C=C\C/C=C\C/C=C\CCCCCCCCCC(=O)NC(COP(=O)(O)OCC(O)COC(=O)CCCCCCCCCCCCCCCCCCCCC)C(=O)O. The first-order valence-electron chi connectivity index (χ1n) is 24.0. The Labute approximate surface area is 365 Å². The van der Waals surface area contributed by atoms with Crippen LogP contribution < -0.4 is 5.32 Å². The van der Waals surface area contributed by atoms with Crippen molar-refractivity contribution < 1.29 is 47.8 Å². The van der Waals surface area contributed by atoms with Gasteiger partial charge in [-0.1, -0.05) is 198 Å². The van der Waals surface area contributed by atoms with Crippen molar-refractivity contribution in [1.29, 1.82) is 0 Å². The molecule has 0 saturated heterocycles. The van der Waals surface area contributed by atoms with Gasteiger partial charge in [0, 0.05) is 12.8 Å². The number of ether oxygens (including phenoxy) is 1. The molecule has 0 bridgehead atoms. The smallest absolute Gasteiger partial charge is 0.472 e. The Morgan fingerprint density at radius 2 is 0.967 bits per heavy atom. The molecule has 60 heavy (non-hydrogen) atoms. The van der Waals surface area contributed by atoms with Crippen LogP contribution in [0.3, 0.4) is 0 Å². The van der Waals surface area contributed by atoms with Crippen LogP contribution >= 0.6 is 7.82 Å². The third-order valence-corrected chi connectivity index (χ3v) is 11.4. The molecule has 0 heterocycles. The maximum absolute atomic E-state index is 12.3. The molecule has 0 aliphatic heterocycles. The predicted octanol–water partition coefficient (Wildman–Crippen LogP) is 12.8. The van der Waals surface area contributed by atoms with Gasteiger partial charge in [0.2, 0.25) is 5.91 Å². The molecule has 0 aromatic rings. The summed E-state index contributed by atoms with van der Waals surface area (Å²) in [5.41, 5.74) is 0. The summed E-state index contributed by atoms with van der Waals surface area (Å²) in [6.07, 6.45) is 47.4. The number of hydrogen-bond donors (Lipinski definition) is 4. The van der Waals surface area contributed by atoms with Crippen molar-refractivity contribution in [3.63, 3.8) is 0 Å². The normalized spacial score (nSPS) is 13.9. The number of phosphoric acid groups is 1. The zero-order valence-corrected chi connectivity index (χ0v) is 38.9. The van der Waals surface area contributed by atoms with Gasteiger partial charge in [0.05, 0.1) is 13.2 Å². The molecule has 0 rings (SSSR count). The number of aliphatic hydroxyl groups excluding tert-OH is 1. The molecule has 4 N–H and O–H groups in total. The lowest BCUT2D eigenvalue weighted by atomic mass is 10.0. The average molecular weight is 870 g/mol. The van der Waals surface area contributed by atoms with E-state index in [4.69, 9.17) is 13.8 Å². The summed E-state index contributed by atoms with van der Waals surface area (Å²) in [4.78, 5) is 46.0. The largest absolute Gasteiger partial charge is 0.480 e. The topological polar surface area (TPSA) is 169 Å². The summed E-state index contributed by atoms with van der Waals surface area (Å²) in [6, 6.07) is -1.55. The third kappa shape index (κ3) is 42.4. The number of carboxylic acid groups (broad SMARTS) is 1. The van der Waals surface area contributed by atoms with Crippen LogP contribution in [0.25, 0.3) is 0 Å². The molecule has 0 aromatic carbocycles. The maximum Gasteiger partial charge on any atom is 0.472 e. The predicted molar refractivity (Wildman–Crippen MR) is 245 cm³/mol. The fourth-order valence-electron chi connectivity index (χ4n) is 6.74. The molecule has 0 aromatic heterocycles. The monoisotopic (exact) mass is 870 g/mol. The van der Waals surface area contributed by atoms with Gasteiger partial charge >= 0.3 is 19.8 Å². The second-order valence-electron chi connectivity index (χ2n) is 16.3. The number of allylic oxidation sites excluding steroid dienone is 6. The van der Waals surface area contributed by atoms with Crippen LogP contribution in [0.5, 0.6) is 0 Å². The molecule has 1 amide bonds. The van der Waals surface area contributed by atoms with E-state index >= 15 is 0 Å². The van der Waals surface area contributed by atoms with Crippen LogP contribution in [0.4, 0.5) is 0 Å². The summed E-state index contributed by atoms with van der Waals surface area (Å²) in [6.45, 7) is 2.50. The van der Waals surface area contributed by atoms with E-state index in [0.717, 1.165) is 83.5 Å². The summed E-state index contributed by atoms with van der Waals surface area (Å²) in [5, 5.41) is 21.9. The first-order valence-corrected chi connectivity index (χ1v) is 25.5. The van der Waals surface area contributed by atoms with Crippen molar-refractivity contribution in [2.45, 2.75) is 231 Å². The van der Waals surface area contributed by atoms with Crippen LogP contribution in [0.2, 0.25) is 0 Å². The van der Waals surface area contributed by atoms with Crippen LogP contribution in [-0.4, -0.2) is 64.9 Å². The molecule has 0 spiro atoms. The Kier molecular flexibility index (Phi) is 41.7. The van der Waals surface area contributed by atoms with Gasteiger partial charge in [-0.3, -0.25) is 18.6 Å². The molecule has 0 saturated carbocycles. The van der Waals surface area contributed by atoms with Gasteiger partial charge < -0.3 is 25.2 Å². The molecule has 0 aliphatic rings. The van der Waals surface area contributed by atoms with Crippen molar-refractivity contribution in [2.75, 3.05) is 19.8 Å².